The Hall–Kier alpha value is -0.780. The molecule has 1 heterocycles. The smallest absolute Gasteiger partial charge is 0.265 e. The van der Waals surface area contributed by atoms with Gasteiger partial charge in [-0.05, 0) is 37.1 Å². The number of thiophene rings is 1. The number of rotatable bonds is 3. The van der Waals surface area contributed by atoms with Crippen molar-refractivity contribution in [2.45, 2.75) is 37.8 Å². The molecule has 18 heavy (non-hydrogen) atoms. The number of carbonyl (C=O) groups is 1. The quantitative estimate of drug-likeness (QED) is 0.897. The van der Waals surface area contributed by atoms with E-state index in [1.165, 1.54) is 11.3 Å². The minimum absolute atomic E-state index is 0. The molecule has 1 aliphatic carbocycles. The van der Waals surface area contributed by atoms with Gasteiger partial charge < -0.3 is 15.8 Å². The van der Waals surface area contributed by atoms with Gasteiger partial charge in [0.05, 0.1) is 7.11 Å². The van der Waals surface area contributed by atoms with Crippen molar-refractivity contribution in [3.05, 3.63) is 16.3 Å². The molecule has 1 aliphatic rings. The van der Waals surface area contributed by atoms with E-state index in [4.69, 9.17) is 10.5 Å². The van der Waals surface area contributed by atoms with Crippen molar-refractivity contribution in [3.63, 3.8) is 0 Å². The molecule has 102 valence electrons. The van der Waals surface area contributed by atoms with Crippen molar-refractivity contribution in [2.24, 2.45) is 5.73 Å². The van der Waals surface area contributed by atoms with Crippen LogP contribution in [-0.4, -0.2) is 25.1 Å². The zero-order chi connectivity index (χ0) is 12.3. The largest absolute Gasteiger partial charge is 0.495 e. The summed E-state index contributed by atoms with van der Waals surface area (Å²) in [6.45, 7) is 0. The molecule has 0 aliphatic heterocycles. The van der Waals surface area contributed by atoms with E-state index >= 15 is 0 Å². The molecule has 2 rings (SSSR count). The summed E-state index contributed by atoms with van der Waals surface area (Å²) >= 11 is 1.41. The fraction of sp³-hybridized carbons (Fsp3) is 0.583. The fourth-order valence-electron chi connectivity index (χ4n) is 2.14. The van der Waals surface area contributed by atoms with Crippen molar-refractivity contribution in [1.82, 2.24) is 5.32 Å². The van der Waals surface area contributed by atoms with Crippen LogP contribution in [0.3, 0.4) is 0 Å². The molecule has 1 saturated carbocycles. The Balaban J connectivity index is 0.00000162. The second kappa shape index (κ2) is 6.97. The highest BCUT2D eigenvalue weighted by molar-refractivity contribution is 7.12. The second-order valence-corrected chi connectivity index (χ2v) is 5.32. The number of methoxy groups -OCH3 is 1. The molecule has 0 atom stereocenters. The fourth-order valence-corrected chi connectivity index (χ4v) is 2.90. The van der Waals surface area contributed by atoms with Crippen molar-refractivity contribution in [3.8, 4) is 5.75 Å². The zero-order valence-corrected chi connectivity index (χ0v) is 12.0. The summed E-state index contributed by atoms with van der Waals surface area (Å²) in [7, 11) is 1.58. The maximum atomic E-state index is 12.0. The first kappa shape index (κ1) is 15.3. The molecule has 6 heteroatoms. The van der Waals surface area contributed by atoms with Gasteiger partial charge in [0.15, 0.2) is 0 Å². The summed E-state index contributed by atoms with van der Waals surface area (Å²) in [6, 6.07) is 2.38. The van der Waals surface area contributed by atoms with Gasteiger partial charge in [-0.3, -0.25) is 4.79 Å². The maximum Gasteiger partial charge on any atom is 0.265 e. The molecule has 1 fully saturated rings. The highest BCUT2D eigenvalue weighted by atomic mass is 35.5. The monoisotopic (exact) mass is 290 g/mol. The molecular formula is C12H19ClN2O2S. The van der Waals surface area contributed by atoms with Crippen molar-refractivity contribution >= 4 is 29.7 Å². The van der Waals surface area contributed by atoms with Gasteiger partial charge in [0, 0.05) is 12.1 Å². The van der Waals surface area contributed by atoms with E-state index in [9.17, 15) is 4.79 Å². The van der Waals surface area contributed by atoms with Gasteiger partial charge in [-0.2, -0.15) is 0 Å². The summed E-state index contributed by atoms with van der Waals surface area (Å²) in [5.41, 5.74) is 5.84. The normalized spacial score (nSPS) is 23.0. The average Bonchev–Trinajstić information content (AvgIpc) is 2.80. The first-order chi connectivity index (χ1) is 8.20. The summed E-state index contributed by atoms with van der Waals surface area (Å²) < 4.78 is 5.14. The van der Waals surface area contributed by atoms with E-state index in [-0.39, 0.29) is 24.4 Å². The van der Waals surface area contributed by atoms with Gasteiger partial charge >= 0.3 is 0 Å². The number of amides is 1. The predicted octanol–water partition coefficient (Wildman–Crippen LogP) is 2.18. The molecule has 1 amide bonds. The number of nitrogens with one attached hydrogen (secondary N) is 1. The third-order valence-electron chi connectivity index (χ3n) is 3.16. The van der Waals surface area contributed by atoms with E-state index in [0.717, 1.165) is 25.7 Å². The third-order valence-corrected chi connectivity index (χ3v) is 4.06. The lowest BCUT2D eigenvalue weighted by atomic mass is 9.92. The Morgan fingerprint density at radius 3 is 2.72 bits per heavy atom. The zero-order valence-electron chi connectivity index (χ0n) is 10.3. The molecule has 1 aromatic heterocycles. The van der Waals surface area contributed by atoms with Gasteiger partial charge in [-0.25, -0.2) is 0 Å². The van der Waals surface area contributed by atoms with Crippen LogP contribution in [0.2, 0.25) is 0 Å². The second-order valence-electron chi connectivity index (χ2n) is 4.40. The van der Waals surface area contributed by atoms with Crippen LogP contribution in [0.4, 0.5) is 0 Å². The number of ether oxygens (including phenoxy) is 1. The molecule has 3 N–H and O–H groups in total. The van der Waals surface area contributed by atoms with E-state index in [1.54, 1.807) is 7.11 Å². The molecule has 0 unspecified atom stereocenters. The van der Waals surface area contributed by atoms with Crippen LogP contribution < -0.4 is 15.8 Å². The van der Waals surface area contributed by atoms with Crippen LogP contribution >= 0.6 is 23.7 Å². The number of hydrogen-bond acceptors (Lipinski definition) is 4. The molecule has 0 saturated heterocycles. The predicted molar refractivity (Wildman–Crippen MR) is 75.8 cm³/mol. The van der Waals surface area contributed by atoms with Gasteiger partial charge in [0.2, 0.25) is 0 Å². The summed E-state index contributed by atoms with van der Waals surface area (Å²) in [5.74, 6) is 0.623. The van der Waals surface area contributed by atoms with Crippen molar-refractivity contribution in [2.75, 3.05) is 7.11 Å². The van der Waals surface area contributed by atoms with E-state index in [1.807, 2.05) is 11.4 Å². The lowest BCUT2D eigenvalue weighted by molar-refractivity contribution is 0.0927. The van der Waals surface area contributed by atoms with Crippen LogP contribution in [0.25, 0.3) is 0 Å². The Morgan fingerprint density at radius 2 is 2.11 bits per heavy atom. The SMILES string of the molecule is COc1ccsc1C(=O)NC1CCC(N)CC1.Cl. The standard InChI is InChI=1S/C12H18N2O2S.ClH/c1-16-10-6-7-17-11(10)12(15)14-9-4-2-8(13)3-5-9;/h6-9H,2-5,13H2,1H3,(H,14,15);1H. The number of carbonyl (C=O) groups excluding carboxylic acids is 1. The Kier molecular flexibility index (Phi) is 5.91. The van der Waals surface area contributed by atoms with Crippen LogP contribution in [0, 0.1) is 0 Å². The Morgan fingerprint density at radius 1 is 1.44 bits per heavy atom. The lowest BCUT2D eigenvalue weighted by Crippen LogP contribution is -2.40. The van der Waals surface area contributed by atoms with Gasteiger partial charge in [0.25, 0.3) is 5.91 Å². The van der Waals surface area contributed by atoms with Gasteiger partial charge in [0.1, 0.15) is 10.6 Å². The van der Waals surface area contributed by atoms with E-state index in [2.05, 4.69) is 5.32 Å². The van der Waals surface area contributed by atoms with Crippen LogP contribution in [0.5, 0.6) is 5.75 Å². The van der Waals surface area contributed by atoms with Crippen molar-refractivity contribution in [1.29, 1.82) is 0 Å². The van der Waals surface area contributed by atoms with Crippen LogP contribution in [0.15, 0.2) is 11.4 Å². The van der Waals surface area contributed by atoms with E-state index < -0.39 is 0 Å². The Labute approximate surface area is 117 Å². The lowest BCUT2D eigenvalue weighted by Gasteiger charge is -2.26. The van der Waals surface area contributed by atoms with Gasteiger partial charge in [-0.1, -0.05) is 0 Å². The Bertz CT molecular complexity index is 389. The van der Waals surface area contributed by atoms with Gasteiger partial charge in [-0.15, -0.1) is 23.7 Å². The molecule has 0 aromatic carbocycles. The minimum atomic E-state index is -0.0303. The summed E-state index contributed by atoms with van der Waals surface area (Å²) in [4.78, 5) is 12.7. The molecule has 1 aromatic rings. The first-order valence-corrected chi connectivity index (χ1v) is 6.76. The molecular weight excluding hydrogens is 272 g/mol. The van der Waals surface area contributed by atoms with E-state index in [0.29, 0.717) is 16.7 Å². The van der Waals surface area contributed by atoms with Crippen molar-refractivity contribution < 1.29 is 9.53 Å². The first-order valence-electron chi connectivity index (χ1n) is 5.88. The highest BCUT2D eigenvalue weighted by Gasteiger charge is 2.22. The van der Waals surface area contributed by atoms with Crippen LogP contribution in [-0.2, 0) is 0 Å². The summed E-state index contributed by atoms with van der Waals surface area (Å²) in [5, 5.41) is 4.92. The topological polar surface area (TPSA) is 64.3 Å². The molecule has 0 radical (unpaired) electrons. The number of nitrogens with two attached hydrogens (primary N) is 1. The van der Waals surface area contributed by atoms with Crippen LogP contribution in [0.1, 0.15) is 35.4 Å². The molecule has 0 bridgehead atoms. The summed E-state index contributed by atoms with van der Waals surface area (Å²) in [6.07, 6.45) is 3.93. The number of hydrogen-bond donors (Lipinski definition) is 2. The minimum Gasteiger partial charge on any atom is -0.495 e. The average molecular weight is 291 g/mol. The third kappa shape index (κ3) is 3.60. The maximum absolute atomic E-state index is 12.0. The molecule has 4 nitrogen and oxygen atoms in total. The highest BCUT2D eigenvalue weighted by Crippen LogP contribution is 2.25. The number of halogens is 1. The molecule has 0 spiro atoms.